The number of rotatable bonds is 4. The molecule has 0 aromatic carbocycles. The smallest absolute Gasteiger partial charge is 0.240 e. The molecule has 2 rings (SSSR count). The molecule has 0 spiro atoms. The van der Waals surface area contributed by atoms with Crippen molar-refractivity contribution in [3.8, 4) is 11.8 Å². The van der Waals surface area contributed by atoms with Crippen molar-refractivity contribution in [1.82, 2.24) is 4.98 Å². The number of ether oxygens (including phenoxy) is 3. The van der Waals surface area contributed by atoms with Gasteiger partial charge in [0.2, 0.25) is 11.8 Å². The number of pyridine rings is 1. The van der Waals surface area contributed by atoms with Crippen molar-refractivity contribution < 1.29 is 14.2 Å². The van der Waals surface area contributed by atoms with Crippen molar-refractivity contribution in [1.29, 1.82) is 0 Å². The first-order chi connectivity index (χ1) is 7.29. The van der Waals surface area contributed by atoms with E-state index in [4.69, 9.17) is 19.9 Å². The monoisotopic (exact) mass is 210 g/mol. The largest absolute Gasteiger partial charge is 0.476 e. The van der Waals surface area contributed by atoms with E-state index in [-0.39, 0.29) is 6.10 Å². The summed E-state index contributed by atoms with van der Waals surface area (Å²) in [5.41, 5.74) is 6.21. The normalized spacial score (nSPS) is 15.8. The van der Waals surface area contributed by atoms with Crippen LogP contribution >= 0.6 is 0 Å². The van der Waals surface area contributed by atoms with E-state index in [9.17, 15) is 0 Å². The highest BCUT2D eigenvalue weighted by Crippen LogP contribution is 2.23. The quantitative estimate of drug-likeness (QED) is 0.797. The second-order valence-electron chi connectivity index (χ2n) is 3.25. The van der Waals surface area contributed by atoms with Gasteiger partial charge in [-0.1, -0.05) is 0 Å². The van der Waals surface area contributed by atoms with Gasteiger partial charge in [-0.05, 0) is 13.0 Å². The standard InChI is InChI=1S/C10H14N2O3/c1-2-14-10-8(11)3-4-9(12-10)15-7-5-13-6-7/h3-4,7H,2,5-6,11H2,1H3. The van der Waals surface area contributed by atoms with Crippen LogP contribution in [-0.2, 0) is 4.74 Å². The van der Waals surface area contributed by atoms with Crippen LogP contribution in [0.4, 0.5) is 5.69 Å². The predicted molar refractivity (Wildman–Crippen MR) is 55.1 cm³/mol. The Kier molecular flexibility index (Phi) is 2.91. The minimum absolute atomic E-state index is 0.107. The fourth-order valence-corrected chi connectivity index (χ4v) is 1.21. The molecular formula is C10H14N2O3. The van der Waals surface area contributed by atoms with Gasteiger partial charge in [0.1, 0.15) is 6.10 Å². The van der Waals surface area contributed by atoms with Crippen LogP contribution < -0.4 is 15.2 Å². The van der Waals surface area contributed by atoms with Gasteiger partial charge in [0, 0.05) is 6.07 Å². The van der Waals surface area contributed by atoms with E-state index in [1.165, 1.54) is 0 Å². The number of hydrogen-bond donors (Lipinski definition) is 1. The minimum Gasteiger partial charge on any atom is -0.476 e. The van der Waals surface area contributed by atoms with Crippen molar-refractivity contribution in [2.75, 3.05) is 25.6 Å². The first-order valence-electron chi connectivity index (χ1n) is 4.93. The van der Waals surface area contributed by atoms with Crippen molar-refractivity contribution in [3.05, 3.63) is 12.1 Å². The average molecular weight is 210 g/mol. The van der Waals surface area contributed by atoms with E-state index in [2.05, 4.69) is 4.98 Å². The lowest BCUT2D eigenvalue weighted by atomic mass is 10.3. The number of aromatic nitrogens is 1. The third-order valence-electron chi connectivity index (χ3n) is 2.04. The molecule has 15 heavy (non-hydrogen) atoms. The Morgan fingerprint density at radius 3 is 2.93 bits per heavy atom. The van der Waals surface area contributed by atoms with Crippen molar-refractivity contribution >= 4 is 5.69 Å². The molecule has 5 nitrogen and oxygen atoms in total. The Morgan fingerprint density at radius 2 is 2.33 bits per heavy atom. The van der Waals surface area contributed by atoms with Gasteiger partial charge in [-0.25, -0.2) is 0 Å². The summed E-state index contributed by atoms with van der Waals surface area (Å²) >= 11 is 0. The Morgan fingerprint density at radius 1 is 1.53 bits per heavy atom. The third-order valence-corrected chi connectivity index (χ3v) is 2.04. The van der Waals surface area contributed by atoms with E-state index in [0.29, 0.717) is 37.3 Å². The fraction of sp³-hybridized carbons (Fsp3) is 0.500. The van der Waals surface area contributed by atoms with Crippen LogP contribution in [0, 0.1) is 0 Å². The third kappa shape index (κ3) is 2.30. The maximum absolute atomic E-state index is 5.69. The molecule has 2 N–H and O–H groups in total. The molecule has 0 aliphatic carbocycles. The molecule has 0 atom stereocenters. The van der Waals surface area contributed by atoms with Gasteiger partial charge in [-0.3, -0.25) is 0 Å². The number of anilines is 1. The van der Waals surface area contributed by atoms with Gasteiger partial charge in [0.15, 0.2) is 0 Å². The van der Waals surface area contributed by atoms with Gasteiger partial charge in [-0.15, -0.1) is 0 Å². The maximum Gasteiger partial charge on any atom is 0.240 e. The average Bonchev–Trinajstić information content (AvgIpc) is 2.17. The zero-order chi connectivity index (χ0) is 10.7. The Hall–Kier alpha value is -1.49. The maximum atomic E-state index is 5.69. The molecule has 1 aromatic heterocycles. The molecule has 1 aliphatic heterocycles. The number of nitrogens with zero attached hydrogens (tertiary/aromatic N) is 1. The lowest BCUT2D eigenvalue weighted by molar-refractivity contribution is -0.0814. The highest BCUT2D eigenvalue weighted by Gasteiger charge is 2.20. The number of hydrogen-bond acceptors (Lipinski definition) is 5. The fourth-order valence-electron chi connectivity index (χ4n) is 1.21. The van der Waals surface area contributed by atoms with Gasteiger partial charge in [0.25, 0.3) is 0 Å². The summed E-state index contributed by atoms with van der Waals surface area (Å²) in [6, 6.07) is 3.46. The second-order valence-corrected chi connectivity index (χ2v) is 3.25. The van der Waals surface area contributed by atoms with E-state index in [0.717, 1.165) is 0 Å². The number of nitrogens with two attached hydrogens (primary N) is 1. The van der Waals surface area contributed by atoms with Gasteiger partial charge in [-0.2, -0.15) is 4.98 Å². The van der Waals surface area contributed by atoms with E-state index in [1.54, 1.807) is 12.1 Å². The molecule has 82 valence electrons. The summed E-state index contributed by atoms with van der Waals surface area (Å²) in [6.07, 6.45) is 0.107. The molecule has 0 radical (unpaired) electrons. The van der Waals surface area contributed by atoms with Crippen LogP contribution in [-0.4, -0.2) is 30.9 Å². The summed E-state index contributed by atoms with van der Waals surface area (Å²) in [5.74, 6) is 0.955. The molecular weight excluding hydrogens is 196 g/mol. The van der Waals surface area contributed by atoms with Crippen molar-refractivity contribution in [3.63, 3.8) is 0 Å². The molecule has 2 heterocycles. The van der Waals surface area contributed by atoms with Crippen LogP contribution in [0.2, 0.25) is 0 Å². The van der Waals surface area contributed by atoms with Crippen LogP contribution in [0.5, 0.6) is 11.8 Å². The van der Waals surface area contributed by atoms with E-state index >= 15 is 0 Å². The van der Waals surface area contributed by atoms with Crippen LogP contribution in [0.25, 0.3) is 0 Å². The Bertz CT molecular complexity index is 339. The summed E-state index contributed by atoms with van der Waals surface area (Å²) in [5, 5.41) is 0. The Balaban J connectivity index is 2.06. The SMILES string of the molecule is CCOc1nc(OC2COC2)ccc1N. The topological polar surface area (TPSA) is 66.6 Å². The number of nitrogen functional groups attached to an aromatic ring is 1. The highest BCUT2D eigenvalue weighted by atomic mass is 16.6. The molecule has 0 saturated carbocycles. The molecule has 0 amide bonds. The minimum atomic E-state index is 0.107. The van der Waals surface area contributed by atoms with Crippen LogP contribution in [0.1, 0.15) is 6.92 Å². The molecule has 0 bridgehead atoms. The molecule has 1 aromatic rings. The highest BCUT2D eigenvalue weighted by molar-refractivity contribution is 5.49. The van der Waals surface area contributed by atoms with Gasteiger partial charge in [0.05, 0.1) is 25.5 Å². The Labute approximate surface area is 88.2 Å². The van der Waals surface area contributed by atoms with Crippen LogP contribution in [0.3, 0.4) is 0 Å². The van der Waals surface area contributed by atoms with Gasteiger partial charge >= 0.3 is 0 Å². The molecule has 1 fully saturated rings. The molecule has 1 saturated heterocycles. The van der Waals surface area contributed by atoms with Gasteiger partial charge < -0.3 is 19.9 Å². The zero-order valence-electron chi connectivity index (χ0n) is 8.60. The molecule has 1 aliphatic rings. The summed E-state index contributed by atoms with van der Waals surface area (Å²) in [4.78, 5) is 4.16. The van der Waals surface area contributed by atoms with Crippen molar-refractivity contribution in [2.45, 2.75) is 13.0 Å². The first kappa shape index (κ1) is 10.0. The summed E-state index contributed by atoms with van der Waals surface area (Å²) < 4.78 is 15.8. The lowest BCUT2D eigenvalue weighted by Gasteiger charge is -2.26. The lowest BCUT2D eigenvalue weighted by Crippen LogP contribution is -2.38. The van der Waals surface area contributed by atoms with E-state index in [1.807, 2.05) is 6.92 Å². The summed E-state index contributed by atoms with van der Waals surface area (Å²) in [7, 11) is 0. The zero-order valence-corrected chi connectivity index (χ0v) is 8.60. The molecule has 0 unspecified atom stereocenters. The first-order valence-corrected chi connectivity index (χ1v) is 4.93. The summed E-state index contributed by atoms with van der Waals surface area (Å²) in [6.45, 7) is 3.66. The predicted octanol–water partition coefficient (Wildman–Crippen LogP) is 0.840. The van der Waals surface area contributed by atoms with Crippen molar-refractivity contribution in [2.24, 2.45) is 0 Å². The molecule has 5 heteroatoms. The van der Waals surface area contributed by atoms with Crippen LogP contribution in [0.15, 0.2) is 12.1 Å². The van der Waals surface area contributed by atoms with E-state index < -0.39 is 0 Å². The second kappa shape index (κ2) is 4.35.